The molecule has 11 heteroatoms. The molecule has 0 fully saturated rings. The van der Waals surface area contributed by atoms with Crippen molar-refractivity contribution in [1.29, 1.82) is 0 Å². The summed E-state index contributed by atoms with van der Waals surface area (Å²) in [5, 5.41) is 19.5. The Bertz CT molecular complexity index is 1420. The number of nitrogens with zero attached hydrogens (tertiary/aromatic N) is 1. The minimum Gasteiger partial charge on any atom is -0.503 e. The molecule has 0 atom stereocenters. The van der Waals surface area contributed by atoms with Crippen molar-refractivity contribution < 1.29 is 46.8 Å². The predicted molar refractivity (Wildman–Crippen MR) is 115 cm³/mol. The van der Waals surface area contributed by atoms with E-state index in [1.165, 1.54) is 23.1 Å². The van der Waals surface area contributed by atoms with Crippen LogP contribution in [0.25, 0.3) is 0 Å². The number of amides is 1. The Morgan fingerprint density at radius 3 is 1.92 bits per heavy atom. The molecule has 0 bridgehead atoms. The lowest BCUT2D eigenvalue weighted by molar-refractivity contribution is 0.0215. The number of phenolic OH excluding ortho intramolecular Hbond substituents is 2. The van der Waals surface area contributed by atoms with Crippen molar-refractivity contribution in [2.75, 3.05) is 13.1 Å². The summed E-state index contributed by atoms with van der Waals surface area (Å²) >= 11 is 0. The van der Waals surface area contributed by atoms with Gasteiger partial charge in [0, 0.05) is 24.2 Å². The summed E-state index contributed by atoms with van der Waals surface area (Å²) in [6, 6.07) is 5.09. The fourth-order valence-corrected chi connectivity index (χ4v) is 4.65. The fourth-order valence-electron chi connectivity index (χ4n) is 4.65. The Balaban J connectivity index is 1.84. The molecule has 0 saturated carbocycles. The highest BCUT2D eigenvalue weighted by Crippen LogP contribution is 2.59. The largest absolute Gasteiger partial charge is 0.503 e. The summed E-state index contributed by atoms with van der Waals surface area (Å²) < 4.78 is 69.6. The van der Waals surface area contributed by atoms with E-state index in [-0.39, 0.29) is 16.7 Å². The van der Waals surface area contributed by atoms with Crippen LogP contribution in [-0.2, 0) is 10.3 Å². The number of benzene rings is 3. The first kappa shape index (κ1) is 23.5. The van der Waals surface area contributed by atoms with Crippen molar-refractivity contribution in [2.24, 2.45) is 0 Å². The molecule has 5 rings (SSSR count). The molecule has 7 nitrogen and oxygen atoms in total. The van der Waals surface area contributed by atoms with Gasteiger partial charge in [-0.2, -0.15) is 8.78 Å². The average Bonchev–Trinajstić information content (AvgIpc) is 3.15. The van der Waals surface area contributed by atoms with Crippen LogP contribution in [0.4, 0.5) is 17.6 Å². The summed E-state index contributed by atoms with van der Waals surface area (Å²) in [5.41, 5.74) is -3.47. The quantitative estimate of drug-likeness (QED) is 0.397. The Morgan fingerprint density at radius 2 is 1.42 bits per heavy atom. The molecule has 0 aromatic heterocycles. The maximum absolute atomic E-state index is 14.9. The average molecular weight is 503 g/mol. The van der Waals surface area contributed by atoms with Gasteiger partial charge in [-0.25, -0.2) is 13.6 Å². The standard InChI is InChI=1S/C25H17F4NO6/c1-3-30(4-2)23(33)10-5-6-12-11(7-10)24(34)36-25(12)13-8-15(26)19(31)17(28)21(13)35-22-14(25)9-16(27)20(32)18(22)29/h5-9,31-32H,3-4H2,1-2H3. The summed E-state index contributed by atoms with van der Waals surface area (Å²) in [5.74, 6) is -12.3. The summed E-state index contributed by atoms with van der Waals surface area (Å²) in [7, 11) is 0. The van der Waals surface area contributed by atoms with Gasteiger partial charge >= 0.3 is 5.97 Å². The smallest absolute Gasteiger partial charge is 0.340 e. The molecule has 2 aliphatic heterocycles. The molecule has 36 heavy (non-hydrogen) atoms. The van der Waals surface area contributed by atoms with Crippen molar-refractivity contribution in [2.45, 2.75) is 19.4 Å². The van der Waals surface area contributed by atoms with Gasteiger partial charge in [0.1, 0.15) is 0 Å². The summed E-state index contributed by atoms with van der Waals surface area (Å²) in [6.07, 6.45) is 0. The van der Waals surface area contributed by atoms with E-state index in [2.05, 4.69) is 0 Å². The van der Waals surface area contributed by atoms with Crippen LogP contribution in [0.1, 0.15) is 51.3 Å². The number of halogens is 4. The lowest BCUT2D eigenvalue weighted by Gasteiger charge is -2.36. The van der Waals surface area contributed by atoms with Gasteiger partial charge in [0.25, 0.3) is 5.91 Å². The number of rotatable bonds is 3. The second-order valence-electron chi connectivity index (χ2n) is 8.21. The topological polar surface area (TPSA) is 96.3 Å². The third-order valence-electron chi connectivity index (χ3n) is 6.42. The first-order valence-electron chi connectivity index (χ1n) is 10.8. The van der Waals surface area contributed by atoms with Crippen molar-refractivity contribution >= 4 is 11.9 Å². The van der Waals surface area contributed by atoms with Crippen LogP contribution in [-0.4, -0.2) is 40.1 Å². The normalized spacial score (nSPS) is 14.6. The van der Waals surface area contributed by atoms with E-state index >= 15 is 0 Å². The Labute approximate surface area is 201 Å². The Kier molecular flexibility index (Phi) is 5.13. The van der Waals surface area contributed by atoms with Crippen LogP contribution in [0.2, 0.25) is 0 Å². The van der Waals surface area contributed by atoms with Crippen LogP contribution >= 0.6 is 0 Å². The van der Waals surface area contributed by atoms with Crippen LogP contribution in [0, 0.1) is 23.3 Å². The minimum absolute atomic E-state index is 0.0802. The SMILES string of the molecule is CCN(CC)C(=O)c1ccc2c(c1)C(=O)OC21c2cc(F)c(O)c(F)c2Oc2c1cc(F)c(O)c2F. The van der Waals surface area contributed by atoms with Gasteiger partial charge in [-0.05, 0) is 38.1 Å². The van der Waals surface area contributed by atoms with Gasteiger partial charge in [0.15, 0.2) is 40.2 Å². The lowest BCUT2D eigenvalue weighted by Crippen LogP contribution is -2.34. The summed E-state index contributed by atoms with van der Waals surface area (Å²) in [4.78, 5) is 27.4. The van der Waals surface area contributed by atoms with E-state index in [9.17, 15) is 37.4 Å². The molecule has 3 aromatic carbocycles. The van der Waals surface area contributed by atoms with E-state index in [1.54, 1.807) is 13.8 Å². The number of fused-ring (bicyclic) bond motifs is 6. The van der Waals surface area contributed by atoms with Gasteiger partial charge in [-0.3, -0.25) is 4.79 Å². The van der Waals surface area contributed by atoms with E-state index in [1.807, 2.05) is 0 Å². The number of esters is 1. The second-order valence-corrected chi connectivity index (χ2v) is 8.21. The molecule has 0 unspecified atom stereocenters. The van der Waals surface area contributed by atoms with E-state index in [0.717, 1.165) is 0 Å². The number of hydrogen-bond acceptors (Lipinski definition) is 6. The molecule has 2 N–H and O–H groups in total. The highest BCUT2D eigenvalue weighted by Gasteiger charge is 2.56. The highest BCUT2D eigenvalue weighted by molar-refractivity contribution is 6.01. The van der Waals surface area contributed by atoms with Crippen molar-refractivity contribution in [3.63, 3.8) is 0 Å². The van der Waals surface area contributed by atoms with Crippen molar-refractivity contribution in [3.8, 4) is 23.0 Å². The van der Waals surface area contributed by atoms with Gasteiger partial charge in [0.2, 0.25) is 11.6 Å². The van der Waals surface area contributed by atoms with Gasteiger partial charge in [-0.1, -0.05) is 6.07 Å². The number of ether oxygens (including phenoxy) is 2. The number of aromatic hydroxyl groups is 2. The number of phenols is 2. The number of carbonyl (C=O) groups is 2. The van der Waals surface area contributed by atoms with Gasteiger partial charge in [-0.15, -0.1) is 0 Å². The number of hydrogen-bond donors (Lipinski definition) is 2. The molecule has 2 aliphatic rings. The third kappa shape index (κ3) is 2.91. The maximum Gasteiger partial charge on any atom is 0.340 e. The zero-order chi connectivity index (χ0) is 26.1. The Hall–Kier alpha value is -4.28. The molecular weight excluding hydrogens is 486 g/mol. The number of carbonyl (C=O) groups excluding carboxylic acids is 2. The predicted octanol–water partition coefficient (Wildman–Crippen LogP) is 4.70. The first-order valence-corrected chi connectivity index (χ1v) is 10.8. The van der Waals surface area contributed by atoms with E-state index in [4.69, 9.17) is 9.47 Å². The highest BCUT2D eigenvalue weighted by atomic mass is 19.1. The summed E-state index contributed by atoms with van der Waals surface area (Å²) in [6.45, 7) is 4.32. The molecule has 1 amide bonds. The molecule has 2 heterocycles. The molecule has 0 aliphatic carbocycles. The van der Waals surface area contributed by atoms with E-state index < -0.39 is 74.9 Å². The van der Waals surface area contributed by atoms with Crippen LogP contribution in [0.15, 0.2) is 30.3 Å². The van der Waals surface area contributed by atoms with Gasteiger partial charge < -0.3 is 24.6 Å². The van der Waals surface area contributed by atoms with Crippen molar-refractivity contribution in [1.82, 2.24) is 4.90 Å². The molecular formula is C25H17F4NO6. The zero-order valence-electron chi connectivity index (χ0n) is 18.8. The van der Waals surface area contributed by atoms with Crippen LogP contribution in [0.5, 0.6) is 23.0 Å². The first-order chi connectivity index (χ1) is 17.1. The van der Waals surface area contributed by atoms with Crippen molar-refractivity contribution in [3.05, 3.63) is 81.4 Å². The molecule has 186 valence electrons. The fraction of sp³-hybridized carbons (Fsp3) is 0.200. The molecule has 0 radical (unpaired) electrons. The van der Waals surface area contributed by atoms with Crippen LogP contribution in [0.3, 0.4) is 0 Å². The monoisotopic (exact) mass is 503 g/mol. The minimum atomic E-state index is -2.32. The third-order valence-corrected chi connectivity index (χ3v) is 6.42. The Morgan fingerprint density at radius 1 is 0.889 bits per heavy atom. The van der Waals surface area contributed by atoms with Crippen LogP contribution < -0.4 is 4.74 Å². The van der Waals surface area contributed by atoms with E-state index in [0.29, 0.717) is 25.2 Å². The molecule has 3 aromatic rings. The molecule has 0 saturated heterocycles. The molecule has 1 spiro atoms. The lowest BCUT2D eigenvalue weighted by atomic mass is 9.77. The zero-order valence-corrected chi connectivity index (χ0v) is 18.8. The maximum atomic E-state index is 14.9. The van der Waals surface area contributed by atoms with Gasteiger partial charge in [0.05, 0.1) is 16.7 Å². The second kappa shape index (κ2) is 7.87.